The van der Waals surface area contributed by atoms with Gasteiger partial charge in [0.05, 0.1) is 0 Å². The summed E-state index contributed by atoms with van der Waals surface area (Å²) in [5.74, 6) is 0. The second-order valence-electron chi connectivity index (χ2n) is 14.0. The number of fused-ring (bicyclic) bond motifs is 5. The van der Waals surface area contributed by atoms with E-state index >= 15 is 0 Å². The fourth-order valence-corrected chi connectivity index (χ4v) is 8.87. The quantitative estimate of drug-likeness (QED) is 0.172. The minimum atomic E-state index is -0.0946. The van der Waals surface area contributed by atoms with Crippen molar-refractivity contribution in [1.29, 1.82) is 0 Å². The summed E-state index contributed by atoms with van der Waals surface area (Å²) in [4.78, 5) is 0. The highest BCUT2D eigenvalue weighted by Gasteiger charge is 2.33. The maximum Gasteiger partial charge on any atom is 0.0159 e. The lowest BCUT2D eigenvalue weighted by Crippen LogP contribution is -2.23. The van der Waals surface area contributed by atoms with Crippen molar-refractivity contribution in [1.82, 2.24) is 0 Å². The molecule has 0 unspecified atom stereocenters. The van der Waals surface area contributed by atoms with Gasteiger partial charge in [0.1, 0.15) is 0 Å². The van der Waals surface area contributed by atoms with Gasteiger partial charge in [-0.1, -0.05) is 184 Å². The summed E-state index contributed by atoms with van der Waals surface area (Å²) in [5.41, 5.74) is 13.0. The normalized spacial score (nSPS) is 13.3. The molecule has 1 aliphatic carbocycles. The smallest absolute Gasteiger partial charge is 0.0159 e. The van der Waals surface area contributed by atoms with E-state index in [0.29, 0.717) is 0 Å². The second-order valence-corrected chi connectivity index (χ2v) is 14.0. The van der Waals surface area contributed by atoms with E-state index in [1.165, 1.54) is 98.7 Å². The summed E-state index contributed by atoms with van der Waals surface area (Å²) >= 11 is 0. The van der Waals surface area contributed by atoms with Crippen LogP contribution in [0.4, 0.5) is 0 Å². The lowest BCUT2D eigenvalue weighted by atomic mass is 9.68. The van der Waals surface area contributed by atoms with Crippen LogP contribution < -0.4 is 0 Å². The van der Waals surface area contributed by atoms with Crippen LogP contribution in [0.3, 0.4) is 0 Å². The zero-order valence-electron chi connectivity index (χ0n) is 27.7. The van der Waals surface area contributed by atoms with E-state index in [0.717, 1.165) is 0 Å². The van der Waals surface area contributed by atoms with Crippen LogP contribution in [-0.4, -0.2) is 0 Å². The van der Waals surface area contributed by atoms with Crippen molar-refractivity contribution >= 4 is 43.1 Å². The Balaban J connectivity index is 1.31. The largest absolute Gasteiger partial charge is 0.0622 e. The molecule has 0 bridgehead atoms. The Morgan fingerprint density at radius 3 is 1.35 bits per heavy atom. The molecule has 9 aromatic carbocycles. The van der Waals surface area contributed by atoms with Gasteiger partial charge in [0, 0.05) is 5.41 Å². The Morgan fingerprint density at radius 1 is 0.286 bits per heavy atom. The third-order valence-electron chi connectivity index (χ3n) is 11.1. The lowest BCUT2D eigenvalue weighted by molar-refractivity contribution is 0.645. The summed E-state index contributed by atoms with van der Waals surface area (Å²) in [5, 5.41) is 10.4. The fraction of sp³-hybridized carbons (Fsp3) is 0.0612. The Hall–Kier alpha value is -5.98. The van der Waals surface area contributed by atoms with Crippen molar-refractivity contribution in [3.63, 3.8) is 0 Å². The predicted octanol–water partition coefficient (Wildman–Crippen LogP) is 13.6. The van der Waals surface area contributed by atoms with Crippen LogP contribution in [0.25, 0.3) is 87.6 Å². The highest BCUT2D eigenvalue weighted by atomic mass is 14.4. The van der Waals surface area contributed by atoms with Gasteiger partial charge in [0.25, 0.3) is 0 Å². The molecular formula is C49H34. The fourth-order valence-electron chi connectivity index (χ4n) is 8.87. The van der Waals surface area contributed by atoms with Gasteiger partial charge in [0.2, 0.25) is 0 Å². The van der Waals surface area contributed by atoms with Crippen molar-refractivity contribution < 1.29 is 0 Å². The number of rotatable bonds is 3. The molecule has 230 valence electrons. The van der Waals surface area contributed by atoms with E-state index in [9.17, 15) is 0 Å². The molecule has 0 heteroatoms. The van der Waals surface area contributed by atoms with Crippen molar-refractivity contribution in [3.05, 3.63) is 181 Å². The van der Waals surface area contributed by atoms with E-state index < -0.39 is 0 Å². The first-order valence-corrected chi connectivity index (χ1v) is 17.3. The molecule has 0 heterocycles. The van der Waals surface area contributed by atoms with Gasteiger partial charge in [-0.05, 0) is 98.7 Å². The Labute approximate surface area is 286 Å². The van der Waals surface area contributed by atoms with Crippen LogP contribution in [0, 0.1) is 0 Å². The third kappa shape index (κ3) is 3.98. The highest BCUT2D eigenvalue weighted by Crippen LogP contribution is 2.52. The first-order chi connectivity index (χ1) is 24.1. The predicted molar refractivity (Wildman–Crippen MR) is 210 cm³/mol. The van der Waals surface area contributed by atoms with E-state index in [-0.39, 0.29) is 5.41 Å². The zero-order valence-corrected chi connectivity index (χ0v) is 27.7. The number of benzene rings is 9. The first kappa shape index (κ1) is 28.1. The van der Waals surface area contributed by atoms with E-state index in [1.54, 1.807) is 0 Å². The minimum absolute atomic E-state index is 0.0946. The molecule has 9 aromatic rings. The molecule has 0 nitrogen and oxygen atoms in total. The third-order valence-corrected chi connectivity index (χ3v) is 11.1. The van der Waals surface area contributed by atoms with Crippen molar-refractivity contribution in [2.24, 2.45) is 0 Å². The maximum atomic E-state index is 2.38. The molecule has 0 radical (unpaired) electrons. The molecule has 10 rings (SSSR count). The monoisotopic (exact) mass is 622 g/mol. The lowest BCUT2D eigenvalue weighted by Gasteiger charge is -2.35. The highest BCUT2D eigenvalue weighted by molar-refractivity contribution is 6.26. The Morgan fingerprint density at radius 2 is 0.714 bits per heavy atom. The van der Waals surface area contributed by atoms with Crippen molar-refractivity contribution in [2.75, 3.05) is 0 Å². The molecule has 0 aromatic heterocycles. The molecule has 0 saturated heterocycles. The van der Waals surface area contributed by atoms with Gasteiger partial charge in [-0.2, -0.15) is 0 Å². The molecule has 0 N–H and O–H groups in total. The van der Waals surface area contributed by atoms with Gasteiger partial charge in [-0.15, -0.1) is 0 Å². The molecule has 0 atom stereocenters. The van der Waals surface area contributed by atoms with Crippen LogP contribution in [0.2, 0.25) is 0 Å². The van der Waals surface area contributed by atoms with E-state index in [4.69, 9.17) is 0 Å². The van der Waals surface area contributed by atoms with E-state index in [2.05, 4.69) is 184 Å². The molecule has 0 aliphatic heterocycles. The molecule has 1 aliphatic rings. The zero-order chi connectivity index (χ0) is 32.7. The summed E-state index contributed by atoms with van der Waals surface area (Å²) in [6.07, 6.45) is 0. The summed E-state index contributed by atoms with van der Waals surface area (Å²) in [6.45, 7) is 4.76. The van der Waals surface area contributed by atoms with Crippen LogP contribution in [-0.2, 0) is 5.41 Å². The summed E-state index contributed by atoms with van der Waals surface area (Å²) < 4.78 is 0. The standard InChI is InChI=1S/C49H34/c1-49(2)44-25-13-12-19-35(44)42-29-30-43(40-24-14-26-45(49)48(40)42)47-38-22-10-8-20-36(38)46(37-21-9-11-23-39(37)47)41-28-27-32(31-15-4-3-5-16-31)33-17-6-7-18-34(33)41/h3-30H,1-2H3. The first-order valence-electron chi connectivity index (χ1n) is 17.3. The topological polar surface area (TPSA) is 0 Å². The van der Waals surface area contributed by atoms with Crippen LogP contribution in [0.15, 0.2) is 170 Å². The average Bonchev–Trinajstić information content (AvgIpc) is 3.16. The Bertz CT molecular complexity index is 2720. The number of hydrogen-bond donors (Lipinski definition) is 0. The summed E-state index contributed by atoms with van der Waals surface area (Å²) in [6, 6.07) is 63.1. The van der Waals surface area contributed by atoms with Crippen LogP contribution in [0.1, 0.15) is 25.0 Å². The molecule has 0 spiro atoms. The van der Waals surface area contributed by atoms with Crippen LogP contribution in [0.5, 0.6) is 0 Å². The van der Waals surface area contributed by atoms with Gasteiger partial charge in [-0.25, -0.2) is 0 Å². The SMILES string of the molecule is CC1(C)c2ccccc2-c2ccc(-c3c4ccccc4c(-c4ccc(-c5ccccc5)c5ccccc45)c4ccccc34)c3cccc1c23. The molecule has 49 heavy (non-hydrogen) atoms. The molecule has 0 saturated carbocycles. The maximum absolute atomic E-state index is 2.38. The average molecular weight is 623 g/mol. The Kier molecular flexibility index (Phi) is 6.02. The van der Waals surface area contributed by atoms with E-state index in [1.807, 2.05) is 0 Å². The van der Waals surface area contributed by atoms with Crippen molar-refractivity contribution in [3.8, 4) is 44.5 Å². The molecular weight excluding hydrogens is 589 g/mol. The van der Waals surface area contributed by atoms with Crippen LogP contribution >= 0.6 is 0 Å². The molecule has 0 fully saturated rings. The van der Waals surface area contributed by atoms with Gasteiger partial charge in [0.15, 0.2) is 0 Å². The van der Waals surface area contributed by atoms with Gasteiger partial charge in [-0.3, -0.25) is 0 Å². The van der Waals surface area contributed by atoms with Crippen molar-refractivity contribution in [2.45, 2.75) is 19.3 Å². The summed E-state index contributed by atoms with van der Waals surface area (Å²) in [7, 11) is 0. The van der Waals surface area contributed by atoms with Gasteiger partial charge < -0.3 is 0 Å². The minimum Gasteiger partial charge on any atom is -0.0622 e. The molecule has 0 amide bonds. The van der Waals surface area contributed by atoms with Gasteiger partial charge >= 0.3 is 0 Å². The second kappa shape index (κ2) is 10.5. The number of hydrogen-bond acceptors (Lipinski definition) is 0.